The molecule has 0 aromatic carbocycles. The van der Waals surface area contributed by atoms with Crippen molar-refractivity contribution in [2.24, 2.45) is 11.8 Å². The molecule has 0 radical (unpaired) electrons. The Morgan fingerprint density at radius 3 is 2.75 bits per heavy atom. The Bertz CT molecular complexity index is 177. The summed E-state index contributed by atoms with van der Waals surface area (Å²) in [5, 5.41) is 2.80. The summed E-state index contributed by atoms with van der Waals surface area (Å²) in [6.45, 7) is 2.32. The summed E-state index contributed by atoms with van der Waals surface area (Å²) in [6, 6.07) is 0. The molecule has 1 heterocycles. The van der Waals surface area contributed by atoms with Crippen LogP contribution in [0.15, 0.2) is 0 Å². The first-order valence-corrected chi connectivity index (χ1v) is 4.71. The van der Waals surface area contributed by atoms with Gasteiger partial charge in [0.15, 0.2) is 0 Å². The number of nitrogens with one attached hydrogen (secondary N) is 1. The van der Waals surface area contributed by atoms with Crippen molar-refractivity contribution >= 4 is 5.91 Å². The van der Waals surface area contributed by atoms with E-state index in [1.807, 2.05) is 0 Å². The van der Waals surface area contributed by atoms with E-state index in [9.17, 15) is 4.79 Å². The van der Waals surface area contributed by atoms with Gasteiger partial charge in [0.25, 0.3) is 0 Å². The summed E-state index contributed by atoms with van der Waals surface area (Å²) in [5.74, 6) is 1.10. The topological polar surface area (TPSA) is 38.3 Å². The Balaban J connectivity index is 1.61. The highest BCUT2D eigenvalue weighted by Crippen LogP contribution is 2.29. The SMILES string of the molecule is O=C1NCCC1COCC1CC1. The van der Waals surface area contributed by atoms with Crippen LogP contribution in [-0.4, -0.2) is 25.7 Å². The normalized spacial score (nSPS) is 29.0. The van der Waals surface area contributed by atoms with Gasteiger partial charge in [-0.2, -0.15) is 0 Å². The number of amides is 1. The first kappa shape index (κ1) is 8.05. The molecule has 1 aliphatic heterocycles. The van der Waals surface area contributed by atoms with E-state index in [4.69, 9.17) is 4.74 Å². The van der Waals surface area contributed by atoms with Gasteiger partial charge in [0.2, 0.25) is 5.91 Å². The molecule has 1 unspecified atom stereocenters. The van der Waals surface area contributed by atoms with Crippen molar-refractivity contribution in [1.82, 2.24) is 5.32 Å². The third-order valence-electron chi connectivity index (χ3n) is 2.53. The van der Waals surface area contributed by atoms with Crippen LogP contribution in [0.3, 0.4) is 0 Å². The number of carbonyl (C=O) groups excluding carboxylic acids is 1. The predicted octanol–water partition coefficient (Wildman–Crippen LogP) is 0.549. The van der Waals surface area contributed by atoms with Gasteiger partial charge >= 0.3 is 0 Å². The van der Waals surface area contributed by atoms with Crippen LogP contribution in [0.25, 0.3) is 0 Å². The summed E-state index contributed by atoms with van der Waals surface area (Å²) in [6.07, 6.45) is 3.58. The second kappa shape index (κ2) is 3.44. The van der Waals surface area contributed by atoms with Crippen LogP contribution < -0.4 is 5.32 Å². The maximum absolute atomic E-state index is 11.1. The molecule has 12 heavy (non-hydrogen) atoms. The Morgan fingerprint density at radius 1 is 1.33 bits per heavy atom. The highest BCUT2D eigenvalue weighted by atomic mass is 16.5. The molecule has 2 rings (SSSR count). The van der Waals surface area contributed by atoms with E-state index in [1.165, 1.54) is 12.8 Å². The van der Waals surface area contributed by atoms with Gasteiger partial charge in [-0.3, -0.25) is 4.79 Å². The molecule has 1 N–H and O–H groups in total. The molecule has 1 saturated heterocycles. The standard InChI is InChI=1S/C9H15NO2/c11-9-8(3-4-10-9)6-12-5-7-1-2-7/h7-8H,1-6H2,(H,10,11). The zero-order valence-electron chi connectivity index (χ0n) is 7.21. The van der Waals surface area contributed by atoms with E-state index in [-0.39, 0.29) is 11.8 Å². The summed E-state index contributed by atoms with van der Waals surface area (Å²) in [5.41, 5.74) is 0. The van der Waals surface area contributed by atoms with Gasteiger partial charge in [0.05, 0.1) is 12.5 Å². The average Bonchev–Trinajstić information content (AvgIpc) is 2.78. The van der Waals surface area contributed by atoms with Gasteiger partial charge in [0.1, 0.15) is 0 Å². The van der Waals surface area contributed by atoms with Crippen molar-refractivity contribution in [3.05, 3.63) is 0 Å². The summed E-state index contributed by atoms with van der Waals surface area (Å²) >= 11 is 0. The maximum atomic E-state index is 11.1. The molecular weight excluding hydrogens is 154 g/mol. The third kappa shape index (κ3) is 1.97. The van der Waals surface area contributed by atoms with E-state index >= 15 is 0 Å². The van der Waals surface area contributed by atoms with E-state index in [2.05, 4.69) is 5.32 Å². The lowest BCUT2D eigenvalue weighted by molar-refractivity contribution is -0.124. The molecule has 0 spiro atoms. The summed E-state index contributed by atoms with van der Waals surface area (Å²) < 4.78 is 5.45. The number of hydrogen-bond acceptors (Lipinski definition) is 2. The molecule has 0 aromatic rings. The molecule has 68 valence electrons. The van der Waals surface area contributed by atoms with Gasteiger partial charge in [-0.05, 0) is 25.2 Å². The first-order valence-electron chi connectivity index (χ1n) is 4.71. The lowest BCUT2D eigenvalue weighted by atomic mass is 10.1. The Labute approximate surface area is 72.5 Å². The van der Waals surface area contributed by atoms with Crippen molar-refractivity contribution < 1.29 is 9.53 Å². The van der Waals surface area contributed by atoms with Crippen molar-refractivity contribution in [2.45, 2.75) is 19.3 Å². The van der Waals surface area contributed by atoms with Crippen LogP contribution in [0.4, 0.5) is 0 Å². The fourth-order valence-corrected chi connectivity index (χ4v) is 1.47. The number of ether oxygens (including phenoxy) is 1. The largest absolute Gasteiger partial charge is 0.380 e. The fourth-order valence-electron chi connectivity index (χ4n) is 1.47. The minimum atomic E-state index is 0.128. The zero-order valence-corrected chi connectivity index (χ0v) is 7.21. The molecule has 3 heteroatoms. The van der Waals surface area contributed by atoms with Gasteiger partial charge in [0, 0.05) is 13.2 Å². The number of rotatable bonds is 4. The lowest BCUT2D eigenvalue weighted by Gasteiger charge is -2.06. The van der Waals surface area contributed by atoms with Gasteiger partial charge in [-0.15, -0.1) is 0 Å². The van der Waals surface area contributed by atoms with Gasteiger partial charge in [-0.1, -0.05) is 0 Å². The summed E-state index contributed by atoms with van der Waals surface area (Å²) in [4.78, 5) is 11.1. The monoisotopic (exact) mass is 169 g/mol. The maximum Gasteiger partial charge on any atom is 0.225 e. The molecule has 2 aliphatic rings. The van der Waals surface area contributed by atoms with E-state index in [1.54, 1.807) is 0 Å². The van der Waals surface area contributed by atoms with E-state index in [0.717, 1.165) is 25.5 Å². The molecular formula is C9H15NO2. The quantitative estimate of drug-likeness (QED) is 0.667. The van der Waals surface area contributed by atoms with Crippen LogP contribution in [0, 0.1) is 11.8 Å². The van der Waals surface area contributed by atoms with Crippen LogP contribution in [-0.2, 0) is 9.53 Å². The van der Waals surface area contributed by atoms with Crippen LogP contribution in [0.5, 0.6) is 0 Å². The number of hydrogen-bond donors (Lipinski definition) is 1. The Hall–Kier alpha value is -0.570. The zero-order chi connectivity index (χ0) is 8.39. The first-order chi connectivity index (χ1) is 5.86. The molecule has 1 aliphatic carbocycles. The lowest BCUT2D eigenvalue weighted by Crippen LogP contribution is -2.22. The highest BCUT2D eigenvalue weighted by Gasteiger charge is 2.26. The molecule has 1 amide bonds. The van der Waals surface area contributed by atoms with Crippen molar-refractivity contribution in [3.8, 4) is 0 Å². The Kier molecular flexibility index (Phi) is 2.30. The fraction of sp³-hybridized carbons (Fsp3) is 0.889. The minimum Gasteiger partial charge on any atom is -0.380 e. The van der Waals surface area contributed by atoms with Crippen LogP contribution >= 0.6 is 0 Å². The van der Waals surface area contributed by atoms with Crippen molar-refractivity contribution in [1.29, 1.82) is 0 Å². The van der Waals surface area contributed by atoms with E-state index in [0.29, 0.717) is 6.61 Å². The second-order valence-electron chi connectivity index (χ2n) is 3.76. The molecule has 3 nitrogen and oxygen atoms in total. The Morgan fingerprint density at radius 2 is 2.17 bits per heavy atom. The third-order valence-corrected chi connectivity index (χ3v) is 2.53. The predicted molar refractivity (Wildman–Crippen MR) is 44.7 cm³/mol. The highest BCUT2D eigenvalue weighted by molar-refractivity contribution is 5.80. The second-order valence-corrected chi connectivity index (χ2v) is 3.76. The summed E-state index contributed by atoms with van der Waals surface area (Å²) in [7, 11) is 0. The van der Waals surface area contributed by atoms with Crippen LogP contribution in [0.2, 0.25) is 0 Å². The molecule has 0 aromatic heterocycles. The van der Waals surface area contributed by atoms with Crippen molar-refractivity contribution in [3.63, 3.8) is 0 Å². The molecule has 1 atom stereocenters. The molecule has 0 bridgehead atoms. The molecule has 1 saturated carbocycles. The van der Waals surface area contributed by atoms with Crippen molar-refractivity contribution in [2.75, 3.05) is 19.8 Å². The average molecular weight is 169 g/mol. The van der Waals surface area contributed by atoms with E-state index < -0.39 is 0 Å². The van der Waals surface area contributed by atoms with Gasteiger partial charge < -0.3 is 10.1 Å². The molecule has 2 fully saturated rings. The van der Waals surface area contributed by atoms with Gasteiger partial charge in [-0.25, -0.2) is 0 Å². The minimum absolute atomic E-state index is 0.128. The number of carbonyl (C=O) groups is 1. The smallest absolute Gasteiger partial charge is 0.225 e. The van der Waals surface area contributed by atoms with Crippen LogP contribution in [0.1, 0.15) is 19.3 Å².